The van der Waals surface area contributed by atoms with Gasteiger partial charge in [-0.15, -0.1) is 0 Å². The topological polar surface area (TPSA) is 47.1 Å². The molecule has 1 aliphatic rings. The zero-order chi connectivity index (χ0) is 21.5. The molecule has 0 bridgehead atoms. The molecule has 30 heavy (non-hydrogen) atoms. The maximum atomic E-state index is 12.9. The average molecular weight is 432 g/mol. The molecule has 5 nitrogen and oxygen atoms in total. The molecule has 1 N–H and O–H groups in total. The first-order valence-corrected chi connectivity index (χ1v) is 9.68. The van der Waals surface area contributed by atoms with Gasteiger partial charge in [0.2, 0.25) is 5.69 Å². The van der Waals surface area contributed by atoms with Gasteiger partial charge in [0, 0.05) is 25.4 Å². The number of hydrogen-bond acceptors (Lipinski definition) is 3. The van der Waals surface area contributed by atoms with Crippen molar-refractivity contribution < 1.29 is 13.2 Å². The lowest BCUT2D eigenvalue weighted by Crippen LogP contribution is -2.05. The lowest BCUT2D eigenvalue weighted by molar-refractivity contribution is -0.140. The summed E-state index contributed by atoms with van der Waals surface area (Å²) in [4.78, 5) is 11.6. The van der Waals surface area contributed by atoms with E-state index >= 15 is 0 Å². The number of aromatic nitrogens is 3. The first-order valence-electron chi connectivity index (χ1n) is 9.30. The Morgan fingerprint density at radius 1 is 1.17 bits per heavy atom. The molecule has 154 valence electrons. The summed E-state index contributed by atoms with van der Waals surface area (Å²) < 4.78 is 40.0. The predicted octanol–water partition coefficient (Wildman–Crippen LogP) is 5.81. The van der Waals surface area contributed by atoms with Crippen LogP contribution in [-0.2, 0) is 32.6 Å². The number of nitrogens with zero attached hydrogens (tertiary/aromatic N) is 4. The summed E-state index contributed by atoms with van der Waals surface area (Å²) in [6.45, 7) is 7.79. The number of pyridine rings is 1. The highest BCUT2D eigenvalue weighted by Crippen LogP contribution is 2.39. The van der Waals surface area contributed by atoms with E-state index in [0.717, 1.165) is 42.1 Å². The lowest BCUT2D eigenvalue weighted by Gasteiger charge is -2.13. The highest BCUT2D eigenvalue weighted by Gasteiger charge is 2.34. The Morgan fingerprint density at radius 2 is 1.87 bits per heavy atom. The first kappa shape index (κ1) is 20.2. The minimum absolute atomic E-state index is 0.207. The van der Waals surface area contributed by atoms with Gasteiger partial charge in [0.05, 0.1) is 6.57 Å². The van der Waals surface area contributed by atoms with E-state index in [2.05, 4.69) is 20.1 Å². The maximum Gasteiger partial charge on any atom is 0.434 e. The van der Waals surface area contributed by atoms with Crippen LogP contribution >= 0.6 is 11.6 Å². The predicted molar refractivity (Wildman–Crippen MR) is 109 cm³/mol. The fraction of sp³-hybridized carbons (Fsp3) is 0.286. The zero-order valence-corrected chi connectivity index (χ0v) is 16.8. The molecule has 1 aromatic carbocycles. The highest BCUT2D eigenvalue weighted by molar-refractivity contribution is 6.32. The number of alkyl halides is 3. The Hall–Kier alpha value is -3.05. The van der Waals surface area contributed by atoms with Crippen molar-refractivity contribution in [1.29, 1.82) is 0 Å². The van der Waals surface area contributed by atoms with Gasteiger partial charge < -0.3 is 9.88 Å². The Balaban J connectivity index is 1.52. The van der Waals surface area contributed by atoms with Crippen LogP contribution in [-0.4, -0.2) is 14.5 Å². The van der Waals surface area contributed by atoms with E-state index in [1.165, 1.54) is 11.6 Å². The van der Waals surface area contributed by atoms with Gasteiger partial charge in [0.25, 0.3) is 0 Å². The van der Waals surface area contributed by atoms with Crippen LogP contribution < -0.4 is 5.32 Å². The second kappa shape index (κ2) is 7.65. The third kappa shape index (κ3) is 3.73. The average Bonchev–Trinajstić information content (AvgIpc) is 3.33. The van der Waals surface area contributed by atoms with Gasteiger partial charge in [-0.1, -0.05) is 35.9 Å². The molecule has 0 radical (unpaired) electrons. The smallest absolute Gasteiger partial charge is 0.366 e. The minimum Gasteiger partial charge on any atom is -0.366 e. The van der Waals surface area contributed by atoms with Crippen molar-refractivity contribution in [3.8, 4) is 11.4 Å². The van der Waals surface area contributed by atoms with Crippen LogP contribution in [0.1, 0.15) is 28.8 Å². The molecule has 0 aliphatic heterocycles. The van der Waals surface area contributed by atoms with Crippen molar-refractivity contribution in [2.45, 2.75) is 32.0 Å². The SMILES string of the molecule is [C-]#[N+]c1c(Cl)nc(NCc2ccc(-c3nc(C(F)(F)F)cn3C)cc2)c2c1CCC2. The van der Waals surface area contributed by atoms with Gasteiger partial charge in [-0.3, -0.25) is 0 Å². The van der Waals surface area contributed by atoms with Crippen LogP contribution in [0.4, 0.5) is 24.7 Å². The minimum atomic E-state index is -4.48. The van der Waals surface area contributed by atoms with Crippen molar-refractivity contribution in [1.82, 2.24) is 14.5 Å². The molecule has 0 unspecified atom stereocenters. The Morgan fingerprint density at radius 3 is 2.50 bits per heavy atom. The van der Waals surface area contributed by atoms with Gasteiger partial charge in [-0.25, -0.2) is 14.8 Å². The van der Waals surface area contributed by atoms with Crippen LogP contribution in [0.5, 0.6) is 0 Å². The molecule has 3 aromatic rings. The molecule has 0 saturated carbocycles. The summed E-state index contributed by atoms with van der Waals surface area (Å²) in [6, 6.07) is 7.15. The quantitative estimate of drug-likeness (QED) is 0.419. The van der Waals surface area contributed by atoms with Crippen LogP contribution in [0, 0.1) is 6.57 Å². The number of halogens is 4. The molecular formula is C21H17ClF3N5. The molecule has 2 aromatic heterocycles. The monoisotopic (exact) mass is 431 g/mol. The Labute approximate surface area is 176 Å². The second-order valence-corrected chi connectivity index (χ2v) is 7.49. The van der Waals surface area contributed by atoms with E-state index in [9.17, 15) is 13.2 Å². The Kier molecular flexibility index (Phi) is 5.16. The third-order valence-electron chi connectivity index (χ3n) is 5.15. The molecule has 9 heteroatoms. The number of benzene rings is 1. The van der Waals surface area contributed by atoms with Crippen molar-refractivity contribution >= 4 is 23.1 Å². The number of anilines is 1. The molecule has 1 aliphatic carbocycles. The van der Waals surface area contributed by atoms with E-state index < -0.39 is 11.9 Å². The third-order valence-corrected chi connectivity index (χ3v) is 5.41. The van der Waals surface area contributed by atoms with Crippen molar-refractivity contribution in [3.63, 3.8) is 0 Å². The van der Waals surface area contributed by atoms with Crippen molar-refractivity contribution in [2.24, 2.45) is 7.05 Å². The maximum absolute atomic E-state index is 12.9. The van der Waals surface area contributed by atoms with Gasteiger partial charge >= 0.3 is 6.18 Å². The van der Waals surface area contributed by atoms with Crippen LogP contribution in [0.3, 0.4) is 0 Å². The normalized spacial score (nSPS) is 13.2. The number of hydrogen-bond donors (Lipinski definition) is 1. The molecule has 0 spiro atoms. The molecule has 0 saturated heterocycles. The number of rotatable bonds is 4. The second-order valence-electron chi connectivity index (χ2n) is 7.13. The van der Waals surface area contributed by atoms with Crippen LogP contribution in [0.25, 0.3) is 16.2 Å². The van der Waals surface area contributed by atoms with Gasteiger partial charge in [0.1, 0.15) is 16.8 Å². The summed E-state index contributed by atoms with van der Waals surface area (Å²) in [5, 5.41) is 3.49. The molecular weight excluding hydrogens is 415 g/mol. The molecule has 4 rings (SSSR count). The van der Waals surface area contributed by atoms with Crippen molar-refractivity contribution in [3.05, 3.63) is 69.4 Å². The van der Waals surface area contributed by atoms with Gasteiger partial charge in [-0.2, -0.15) is 13.2 Å². The molecule has 2 heterocycles. The largest absolute Gasteiger partial charge is 0.434 e. The fourth-order valence-electron chi connectivity index (χ4n) is 3.70. The number of nitrogens with one attached hydrogen (secondary N) is 1. The fourth-order valence-corrected chi connectivity index (χ4v) is 3.94. The standard InChI is InChI=1S/C21H17ClF3N5/c1-26-17-14-4-3-5-15(14)19(29-18(17)22)27-10-12-6-8-13(9-7-12)20-28-16(11-30(20)2)21(23,24)25/h6-9,11H,3-5,10H2,2H3,(H,27,29). The number of fused-ring (bicyclic) bond motifs is 1. The summed E-state index contributed by atoms with van der Waals surface area (Å²) >= 11 is 6.18. The molecule has 0 amide bonds. The number of aryl methyl sites for hydroxylation is 1. The highest BCUT2D eigenvalue weighted by atomic mass is 35.5. The summed E-state index contributed by atoms with van der Waals surface area (Å²) in [6.07, 6.45) is -0.857. The molecule has 0 atom stereocenters. The van der Waals surface area contributed by atoms with Gasteiger partial charge in [-0.05, 0) is 36.0 Å². The first-order chi connectivity index (χ1) is 14.3. The molecule has 0 fully saturated rings. The van der Waals surface area contributed by atoms with Crippen molar-refractivity contribution in [2.75, 3.05) is 5.32 Å². The van der Waals surface area contributed by atoms with E-state index in [0.29, 0.717) is 23.6 Å². The Bertz CT molecular complexity index is 1140. The zero-order valence-electron chi connectivity index (χ0n) is 16.0. The van der Waals surface area contributed by atoms with Gasteiger partial charge in [0.15, 0.2) is 5.69 Å². The lowest BCUT2D eigenvalue weighted by atomic mass is 10.1. The van der Waals surface area contributed by atoms with E-state index in [4.69, 9.17) is 18.2 Å². The summed E-state index contributed by atoms with van der Waals surface area (Å²) in [5.74, 6) is 0.936. The van der Waals surface area contributed by atoms with E-state index in [-0.39, 0.29) is 11.0 Å². The van der Waals surface area contributed by atoms with Crippen LogP contribution in [0.2, 0.25) is 5.15 Å². The summed E-state index contributed by atoms with van der Waals surface area (Å²) in [7, 11) is 1.54. The van der Waals surface area contributed by atoms with Crippen LogP contribution in [0.15, 0.2) is 30.5 Å². The van der Waals surface area contributed by atoms with E-state index in [1.807, 2.05) is 12.1 Å². The number of imidazole rings is 1. The van der Waals surface area contributed by atoms with E-state index in [1.54, 1.807) is 12.1 Å². The summed E-state index contributed by atoms with van der Waals surface area (Å²) in [5.41, 5.74) is 3.06.